The van der Waals surface area contributed by atoms with Crippen LogP contribution in [0.4, 0.5) is 5.69 Å². The first-order valence-corrected chi connectivity index (χ1v) is 4.74. The van der Waals surface area contributed by atoms with Crippen LogP contribution in [0.3, 0.4) is 0 Å². The number of nitrogens with zero attached hydrogens (tertiary/aromatic N) is 2. The lowest BCUT2D eigenvalue weighted by atomic mass is 10.1. The molecule has 2 N–H and O–H groups in total. The van der Waals surface area contributed by atoms with Gasteiger partial charge in [-0.25, -0.2) is 0 Å². The molecular weight excluding hydrogens is 186 g/mol. The molecule has 15 heavy (non-hydrogen) atoms. The van der Waals surface area contributed by atoms with Gasteiger partial charge in [0.2, 0.25) is 0 Å². The Bertz CT molecular complexity index is 646. The molecule has 3 heteroatoms. The van der Waals surface area contributed by atoms with Gasteiger partial charge in [-0.3, -0.25) is 9.97 Å². The Balaban J connectivity index is 2.64. The molecule has 0 unspecified atom stereocenters. The van der Waals surface area contributed by atoms with E-state index in [4.69, 9.17) is 5.73 Å². The molecule has 0 bridgehead atoms. The highest BCUT2D eigenvalue weighted by Crippen LogP contribution is 2.26. The van der Waals surface area contributed by atoms with Crippen molar-refractivity contribution in [2.45, 2.75) is 0 Å². The number of nitrogens with two attached hydrogens (primary N) is 1. The second-order valence-corrected chi connectivity index (χ2v) is 3.44. The van der Waals surface area contributed by atoms with Crippen LogP contribution in [0.5, 0.6) is 0 Å². The van der Waals surface area contributed by atoms with E-state index in [0.717, 1.165) is 21.8 Å². The van der Waals surface area contributed by atoms with Crippen molar-refractivity contribution in [3.63, 3.8) is 0 Å². The summed E-state index contributed by atoms with van der Waals surface area (Å²) in [6.45, 7) is 0. The van der Waals surface area contributed by atoms with E-state index < -0.39 is 0 Å². The van der Waals surface area contributed by atoms with Crippen molar-refractivity contribution in [3.8, 4) is 0 Å². The monoisotopic (exact) mass is 195 g/mol. The molecular formula is C12H9N3. The van der Waals surface area contributed by atoms with Gasteiger partial charge in [-0.1, -0.05) is 6.07 Å². The predicted molar refractivity (Wildman–Crippen MR) is 61.5 cm³/mol. The van der Waals surface area contributed by atoms with E-state index in [1.54, 1.807) is 12.4 Å². The standard InChI is InChI=1S/C12H9N3/c13-10-7-8-3-1-5-14-11(8)9-4-2-6-15-12(9)10/h1-7H,13H2. The number of benzene rings is 1. The number of fused-ring (bicyclic) bond motifs is 3. The fourth-order valence-electron chi connectivity index (χ4n) is 1.82. The molecule has 0 aliphatic rings. The highest BCUT2D eigenvalue weighted by molar-refractivity contribution is 6.08. The second-order valence-electron chi connectivity index (χ2n) is 3.44. The van der Waals surface area contributed by atoms with Crippen molar-refractivity contribution in [3.05, 3.63) is 42.7 Å². The van der Waals surface area contributed by atoms with Crippen LogP contribution >= 0.6 is 0 Å². The predicted octanol–water partition coefficient (Wildman–Crippen LogP) is 2.37. The SMILES string of the molecule is Nc1cc2cccnc2c2cccnc12. The summed E-state index contributed by atoms with van der Waals surface area (Å²) in [6.07, 6.45) is 3.53. The van der Waals surface area contributed by atoms with Crippen LogP contribution in [0, 0.1) is 0 Å². The summed E-state index contributed by atoms with van der Waals surface area (Å²) in [5, 5.41) is 2.06. The van der Waals surface area contributed by atoms with E-state index >= 15 is 0 Å². The van der Waals surface area contributed by atoms with Crippen LogP contribution in [0.25, 0.3) is 21.8 Å². The van der Waals surface area contributed by atoms with E-state index in [1.165, 1.54) is 0 Å². The van der Waals surface area contributed by atoms with E-state index in [2.05, 4.69) is 9.97 Å². The van der Waals surface area contributed by atoms with Crippen molar-refractivity contribution in [1.82, 2.24) is 9.97 Å². The van der Waals surface area contributed by atoms with Crippen molar-refractivity contribution >= 4 is 27.5 Å². The van der Waals surface area contributed by atoms with Crippen LogP contribution < -0.4 is 5.73 Å². The van der Waals surface area contributed by atoms with Crippen molar-refractivity contribution < 1.29 is 0 Å². The summed E-state index contributed by atoms with van der Waals surface area (Å²) in [6, 6.07) is 9.72. The Labute approximate surface area is 86.6 Å². The van der Waals surface area contributed by atoms with Gasteiger partial charge in [0.15, 0.2) is 0 Å². The number of hydrogen-bond donors (Lipinski definition) is 1. The zero-order valence-electron chi connectivity index (χ0n) is 8.01. The average molecular weight is 195 g/mol. The van der Waals surface area contributed by atoms with Crippen LogP contribution in [-0.2, 0) is 0 Å². The Morgan fingerprint density at radius 3 is 2.53 bits per heavy atom. The molecule has 0 saturated carbocycles. The second kappa shape index (κ2) is 2.92. The van der Waals surface area contributed by atoms with Gasteiger partial charge in [0.25, 0.3) is 0 Å². The summed E-state index contributed by atoms with van der Waals surface area (Å²) < 4.78 is 0. The molecule has 0 fully saturated rings. The van der Waals surface area contributed by atoms with E-state index in [-0.39, 0.29) is 0 Å². The molecule has 0 spiro atoms. The maximum absolute atomic E-state index is 5.93. The first-order chi connectivity index (χ1) is 7.36. The largest absolute Gasteiger partial charge is 0.397 e. The number of pyridine rings is 2. The summed E-state index contributed by atoms with van der Waals surface area (Å²) in [7, 11) is 0. The molecule has 1 aromatic carbocycles. The first-order valence-electron chi connectivity index (χ1n) is 4.74. The minimum Gasteiger partial charge on any atom is -0.397 e. The van der Waals surface area contributed by atoms with Gasteiger partial charge in [0.05, 0.1) is 16.7 Å². The van der Waals surface area contributed by atoms with Crippen LogP contribution in [-0.4, -0.2) is 9.97 Å². The van der Waals surface area contributed by atoms with Gasteiger partial charge in [-0.2, -0.15) is 0 Å². The van der Waals surface area contributed by atoms with E-state index in [1.807, 2.05) is 30.3 Å². The lowest BCUT2D eigenvalue weighted by Crippen LogP contribution is -1.91. The summed E-state index contributed by atoms with van der Waals surface area (Å²) in [5.41, 5.74) is 8.41. The third kappa shape index (κ3) is 1.13. The molecule has 0 radical (unpaired) electrons. The Morgan fingerprint density at radius 1 is 0.933 bits per heavy atom. The number of aromatic nitrogens is 2. The first kappa shape index (κ1) is 8.17. The summed E-state index contributed by atoms with van der Waals surface area (Å²) in [5.74, 6) is 0. The molecule has 2 heterocycles. The fraction of sp³-hybridized carbons (Fsp3) is 0. The van der Waals surface area contributed by atoms with Crippen LogP contribution in [0.1, 0.15) is 0 Å². The van der Waals surface area contributed by atoms with Gasteiger partial charge < -0.3 is 5.73 Å². The highest BCUT2D eigenvalue weighted by atomic mass is 14.7. The molecule has 0 amide bonds. The smallest absolute Gasteiger partial charge is 0.0953 e. The number of rotatable bonds is 0. The third-order valence-electron chi connectivity index (χ3n) is 2.49. The van der Waals surface area contributed by atoms with Gasteiger partial charge in [0, 0.05) is 23.2 Å². The zero-order valence-corrected chi connectivity index (χ0v) is 8.01. The van der Waals surface area contributed by atoms with Gasteiger partial charge in [-0.15, -0.1) is 0 Å². The Morgan fingerprint density at radius 2 is 1.67 bits per heavy atom. The molecule has 0 atom stereocenters. The summed E-state index contributed by atoms with van der Waals surface area (Å²) in [4.78, 5) is 8.62. The normalized spacial score (nSPS) is 10.9. The van der Waals surface area contributed by atoms with Crippen molar-refractivity contribution in [2.24, 2.45) is 0 Å². The maximum Gasteiger partial charge on any atom is 0.0953 e. The number of hydrogen-bond acceptors (Lipinski definition) is 3. The molecule has 0 aliphatic heterocycles. The minimum atomic E-state index is 0.700. The topological polar surface area (TPSA) is 51.8 Å². The average Bonchev–Trinajstić information content (AvgIpc) is 2.30. The number of anilines is 1. The van der Waals surface area contributed by atoms with Crippen molar-refractivity contribution in [1.29, 1.82) is 0 Å². The maximum atomic E-state index is 5.93. The van der Waals surface area contributed by atoms with E-state index in [0.29, 0.717) is 5.69 Å². The summed E-state index contributed by atoms with van der Waals surface area (Å²) >= 11 is 0. The van der Waals surface area contributed by atoms with E-state index in [9.17, 15) is 0 Å². The zero-order chi connectivity index (χ0) is 10.3. The molecule has 0 aliphatic carbocycles. The Kier molecular flexibility index (Phi) is 1.59. The van der Waals surface area contributed by atoms with Gasteiger partial charge in [-0.05, 0) is 24.3 Å². The van der Waals surface area contributed by atoms with Gasteiger partial charge >= 0.3 is 0 Å². The molecule has 3 aromatic rings. The van der Waals surface area contributed by atoms with Crippen molar-refractivity contribution in [2.75, 3.05) is 5.73 Å². The quantitative estimate of drug-likeness (QED) is 0.442. The molecule has 2 aromatic heterocycles. The third-order valence-corrected chi connectivity index (χ3v) is 2.49. The fourth-order valence-corrected chi connectivity index (χ4v) is 1.82. The Hall–Kier alpha value is -2.16. The lowest BCUT2D eigenvalue weighted by Gasteiger charge is -2.04. The molecule has 0 saturated heterocycles. The minimum absolute atomic E-state index is 0.700. The highest BCUT2D eigenvalue weighted by Gasteiger charge is 2.04. The van der Waals surface area contributed by atoms with Gasteiger partial charge in [0.1, 0.15) is 0 Å². The molecule has 3 rings (SSSR count). The number of nitrogen functional groups attached to an aromatic ring is 1. The molecule has 72 valence electrons. The van der Waals surface area contributed by atoms with Crippen LogP contribution in [0.15, 0.2) is 42.7 Å². The van der Waals surface area contributed by atoms with Crippen LogP contribution in [0.2, 0.25) is 0 Å². The molecule has 3 nitrogen and oxygen atoms in total. The lowest BCUT2D eigenvalue weighted by molar-refractivity contribution is 1.39.